The quantitative estimate of drug-likeness (QED) is 0.333. The predicted molar refractivity (Wildman–Crippen MR) is 89.0 cm³/mol. The van der Waals surface area contributed by atoms with E-state index in [1.54, 1.807) is 24.7 Å². The van der Waals surface area contributed by atoms with E-state index in [2.05, 4.69) is 0 Å². The second kappa shape index (κ2) is 17.3. The number of aliphatic hydroxyl groups is 2. The Balaban J connectivity index is 3.24. The van der Waals surface area contributed by atoms with Gasteiger partial charge in [-0.25, -0.2) is 0 Å². The van der Waals surface area contributed by atoms with Crippen molar-refractivity contribution < 1.29 is 29.2 Å². The van der Waals surface area contributed by atoms with Crippen molar-refractivity contribution in [1.82, 2.24) is 0 Å². The van der Waals surface area contributed by atoms with Crippen LogP contribution in [0.25, 0.3) is 0 Å². The third kappa shape index (κ3) is 17.1. The van der Waals surface area contributed by atoms with Gasteiger partial charge in [-0.15, -0.1) is 0 Å². The molecule has 0 bridgehead atoms. The van der Waals surface area contributed by atoms with Crippen molar-refractivity contribution in [2.75, 3.05) is 39.6 Å². The highest BCUT2D eigenvalue weighted by Gasteiger charge is 2.04. The van der Waals surface area contributed by atoms with Gasteiger partial charge < -0.3 is 29.2 Å². The van der Waals surface area contributed by atoms with E-state index >= 15 is 0 Å². The van der Waals surface area contributed by atoms with Crippen molar-refractivity contribution in [3.63, 3.8) is 0 Å². The highest BCUT2D eigenvalue weighted by atomic mass is 16.5. The number of ether oxygens (including phenoxy) is 4. The lowest BCUT2D eigenvalue weighted by atomic mass is 10.2. The topological polar surface area (TPSA) is 77.4 Å². The Morgan fingerprint density at radius 1 is 0.696 bits per heavy atom. The molecular weight excluding hydrogens is 300 g/mol. The van der Waals surface area contributed by atoms with Gasteiger partial charge in [0.2, 0.25) is 0 Å². The van der Waals surface area contributed by atoms with Crippen molar-refractivity contribution in [1.29, 1.82) is 0 Å². The third-order valence-corrected chi connectivity index (χ3v) is 2.74. The van der Waals surface area contributed by atoms with Gasteiger partial charge in [-0.3, -0.25) is 0 Å². The minimum absolute atomic E-state index is 0.248. The normalized spacial score (nSPS) is 14.4. The van der Waals surface area contributed by atoms with E-state index in [0.29, 0.717) is 13.2 Å². The highest BCUT2D eigenvalue weighted by Crippen LogP contribution is 1.99. The fourth-order valence-corrected chi connectivity index (χ4v) is 1.65. The van der Waals surface area contributed by atoms with Crippen LogP contribution in [0, 0.1) is 0 Å². The third-order valence-electron chi connectivity index (χ3n) is 2.74. The van der Waals surface area contributed by atoms with Crippen molar-refractivity contribution in [2.45, 2.75) is 45.3 Å². The van der Waals surface area contributed by atoms with Gasteiger partial charge in [-0.2, -0.15) is 0 Å². The van der Waals surface area contributed by atoms with E-state index in [9.17, 15) is 10.2 Å². The van der Waals surface area contributed by atoms with E-state index in [-0.39, 0.29) is 26.4 Å². The molecule has 0 aliphatic rings. The summed E-state index contributed by atoms with van der Waals surface area (Å²) in [5, 5.41) is 19.1. The highest BCUT2D eigenvalue weighted by molar-refractivity contribution is 4.67. The molecule has 2 N–H and O–H groups in total. The number of unbranched alkanes of at least 4 members (excludes halogenated alkanes) is 2. The van der Waals surface area contributed by atoms with Crippen molar-refractivity contribution in [3.05, 3.63) is 24.7 Å². The molecule has 6 heteroatoms. The molecule has 0 aliphatic heterocycles. The second-order valence-electron chi connectivity index (χ2n) is 5.12. The summed E-state index contributed by atoms with van der Waals surface area (Å²) in [5.74, 6) is 0. The predicted octanol–water partition coefficient (Wildman–Crippen LogP) is 2.01. The Bertz CT molecular complexity index is 265. The van der Waals surface area contributed by atoms with Crippen LogP contribution < -0.4 is 0 Å². The van der Waals surface area contributed by atoms with Crippen molar-refractivity contribution in [3.8, 4) is 0 Å². The van der Waals surface area contributed by atoms with E-state index in [4.69, 9.17) is 18.9 Å². The summed E-state index contributed by atoms with van der Waals surface area (Å²) >= 11 is 0. The Morgan fingerprint density at radius 2 is 1.13 bits per heavy atom. The fourth-order valence-electron chi connectivity index (χ4n) is 1.65. The van der Waals surface area contributed by atoms with Crippen LogP contribution in [-0.2, 0) is 18.9 Å². The molecule has 0 aromatic heterocycles. The smallest absolute Gasteiger partial charge is 0.115 e. The van der Waals surface area contributed by atoms with Gasteiger partial charge in [0.1, 0.15) is 25.4 Å². The molecule has 0 spiro atoms. The summed E-state index contributed by atoms with van der Waals surface area (Å²) in [5.41, 5.74) is 0. The average molecular weight is 332 g/mol. The van der Waals surface area contributed by atoms with Gasteiger partial charge >= 0.3 is 0 Å². The van der Waals surface area contributed by atoms with E-state index in [1.165, 1.54) is 0 Å². The van der Waals surface area contributed by atoms with Crippen LogP contribution in [0.2, 0.25) is 0 Å². The molecule has 6 nitrogen and oxygen atoms in total. The van der Waals surface area contributed by atoms with Crippen molar-refractivity contribution >= 4 is 0 Å². The van der Waals surface area contributed by atoms with Gasteiger partial charge in [0.05, 0.1) is 25.7 Å². The number of rotatable bonds is 16. The molecule has 0 heterocycles. The molecule has 0 radical (unpaired) electrons. The van der Waals surface area contributed by atoms with Gasteiger partial charge in [-0.05, 0) is 33.1 Å². The van der Waals surface area contributed by atoms with Crippen LogP contribution in [0.5, 0.6) is 0 Å². The standard InChI is InChI=1S/C17H32O6/c1-3-8-20-12-16(18)14-22-10-6-5-7-11-23-15-17(19)13-21-9-4-2/h3-4,8-9,16-19H,5-7,10-15H2,1-2H3. The maximum absolute atomic E-state index is 9.54. The zero-order chi connectivity index (χ0) is 17.2. The number of aliphatic hydroxyl groups excluding tert-OH is 2. The van der Waals surface area contributed by atoms with E-state index in [0.717, 1.165) is 19.3 Å². The molecule has 0 rings (SSSR count). The zero-order valence-corrected chi connectivity index (χ0v) is 14.4. The van der Waals surface area contributed by atoms with Gasteiger partial charge in [0.15, 0.2) is 0 Å². The first kappa shape index (κ1) is 21.9. The lowest BCUT2D eigenvalue weighted by molar-refractivity contribution is -0.00333. The van der Waals surface area contributed by atoms with Gasteiger partial charge in [0, 0.05) is 13.2 Å². The molecule has 0 amide bonds. The molecule has 0 aliphatic carbocycles. The van der Waals surface area contributed by atoms with Crippen LogP contribution in [-0.4, -0.2) is 62.1 Å². The van der Waals surface area contributed by atoms with Crippen LogP contribution in [0.1, 0.15) is 33.1 Å². The fraction of sp³-hybridized carbons (Fsp3) is 0.765. The molecule has 2 unspecified atom stereocenters. The van der Waals surface area contributed by atoms with Crippen LogP contribution in [0.3, 0.4) is 0 Å². The average Bonchev–Trinajstić information content (AvgIpc) is 2.53. The molecule has 0 saturated heterocycles. The minimum atomic E-state index is -0.596. The number of allylic oxidation sites excluding steroid dienone is 2. The summed E-state index contributed by atoms with van der Waals surface area (Å²) in [6.45, 7) is 5.99. The Morgan fingerprint density at radius 3 is 1.52 bits per heavy atom. The van der Waals surface area contributed by atoms with E-state index in [1.807, 2.05) is 13.8 Å². The molecule has 0 aromatic carbocycles. The van der Waals surface area contributed by atoms with Crippen LogP contribution in [0.4, 0.5) is 0 Å². The number of hydrogen-bond donors (Lipinski definition) is 2. The zero-order valence-electron chi connectivity index (χ0n) is 14.4. The molecule has 23 heavy (non-hydrogen) atoms. The summed E-state index contributed by atoms with van der Waals surface area (Å²) in [6.07, 6.45) is 8.25. The van der Waals surface area contributed by atoms with Crippen molar-refractivity contribution in [2.24, 2.45) is 0 Å². The molecule has 136 valence electrons. The summed E-state index contributed by atoms with van der Waals surface area (Å²) in [4.78, 5) is 0. The van der Waals surface area contributed by atoms with Gasteiger partial charge in [0.25, 0.3) is 0 Å². The molecular formula is C17H32O6. The Kier molecular flexibility index (Phi) is 16.5. The first-order valence-corrected chi connectivity index (χ1v) is 8.17. The maximum atomic E-state index is 9.54. The summed E-state index contributed by atoms with van der Waals surface area (Å²) < 4.78 is 20.8. The number of hydrogen-bond acceptors (Lipinski definition) is 6. The largest absolute Gasteiger partial charge is 0.499 e. The van der Waals surface area contributed by atoms with Crippen LogP contribution >= 0.6 is 0 Å². The molecule has 0 aromatic rings. The Hall–Kier alpha value is -1.08. The minimum Gasteiger partial charge on any atom is -0.499 e. The lowest BCUT2D eigenvalue weighted by Gasteiger charge is -2.11. The lowest BCUT2D eigenvalue weighted by Crippen LogP contribution is -2.21. The van der Waals surface area contributed by atoms with Crippen LogP contribution in [0.15, 0.2) is 24.7 Å². The molecule has 0 saturated carbocycles. The molecule has 0 fully saturated rings. The first-order valence-electron chi connectivity index (χ1n) is 8.17. The molecule has 2 atom stereocenters. The maximum Gasteiger partial charge on any atom is 0.115 e. The van der Waals surface area contributed by atoms with E-state index < -0.39 is 12.2 Å². The summed E-state index contributed by atoms with van der Waals surface area (Å²) in [6, 6.07) is 0. The first-order chi connectivity index (χ1) is 11.2. The SMILES string of the molecule is CC=COCC(O)COCCCCCOCC(O)COC=CC. The summed E-state index contributed by atoms with van der Waals surface area (Å²) in [7, 11) is 0. The Labute approximate surface area is 139 Å². The van der Waals surface area contributed by atoms with Gasteiger partial charge in [-0.1, -0.05) is 12.2 Å². The monoisotopic (exact) mass is 332 g/mol. The second-order valence-corrected chi connectivity index (χ2v) is 5.12.